The van der Waals surface area contributed by atoms with Gasteiger partial charge in [0.05, 0.1) is 26.2 Å². The molecule has 0 radical (unpaired) electrons. The molecular weight excluding hydrogens is 736 g/mol. The van der Waals surface area contributed by atoms with Gasteiger partial charge in [-0.1, -0.05) is 26.5 Å². The Balaban J connectivity index is 1.38. The second-order valence-electron chi connectivity index (χ2n) is 13.8. The Labute approximate surface area is 330 Å². The lowest BCUT2D eigenvalue weighted by atomic mass is 9.94. The maximum absolute atomic E-state index is 14.1. The van der Waals surface area contributed by atoms with E-state index >= 15 is 0 Å². The number of hydrogen-bond donors (Lipinski definition) is 4. The molecule has 16 heteroatoms. The van der Waals surface area contributed by atoms with Crippen LogP contribution in [0.25, 0.3) is 17.2 Å². The molecule has 57 heavy (non-hydrogen) atoms. The number of esters is 2. The van der Waals surface area contributed by atoms with Crippen LogP contribution in [0.5, 0.6) is 5.75 Å². The van der Waals surface area contributed by atoms with Crippen molar-refractivity contribution < 1.29 is 47.7 Å². The van der Waals surface area contributed by atoms with Gasteiger partial charge in [-0.3, -0.25) is 30.0 Å². The number of nitrogens with zero attached hydrogens (tertiary/aromatic N) is 2. The summed E-state index contributed by atoms with van der Waals surface area (Å²) in [6, 6.07) is 12.2. The van der Waals surface area contributed by atoms with E-state index < -0.39 is 42.1 Å². The number of amidine groups is 1. The summed E-state index contributed by atoms with van der Waals surface area (Å²) in [4.78, 5) is 72.0. The summed E-state index contributed by atoms with van der Waals surface area (Å²) in [7, 11) is 1.44. The second kappa shape index (κ2) is 19.6. The number of amides is 3. The van der Waals surface area contributed by atoms with Crippen molar-refractivity contribution in [3.8, 4) is 16.9 Å². The van der Waals surface area contributed by atoms with Crippen LogP contribution in [0.3, 0.4) is 0 Å². The standard InChI is InChI=1S/C41H48N6O10/c1-6-27-21-32(37(48)44-29-11-9-28(10-12-29)36(42)46-41(52)55-20-17-47-15-18-54-19-16-47)31(22-34(27)53-5)30-13-14-33(38(49)43-23-26-7-8-26)45-35(30)40(51)57-25(4)56-39(50)24(2)3/h6,9-14,21-22,24-26H,1,7-8,15-20,23H2,2-5H3,(H,43,49)(H,44,48)(H2,42,46,52). The van der Waals surface area contributed by atoms with Crippen molar-refractivity contribution in [3.05, 3.63) is 83.2 Å². The second-order valence-corrected chi connectivity index (χ2v) is 13.8. The average molecular weight is 785 g/mol. The predicted molar refractivity (Wildman–Crippen MR) is 210 cm³/mol. The van der Waals surface area contributed by atoms with E-state index in [1.807, 2.05) is 0 Å². The number of aromatic nitrogens is 1. The molecule has 1 atom stereocenters. The van der Waals surface area contributed by atoms with Crippen molar-refractivity contribution >= 4 is 47.4 Å². The first-order chi connectivity index (χ1) is 27.4. The Kier molecular flexibility index (Phi) is 14.5. The van der Waals surface area contributed by atoms with Crippen LogP contribution in [-0.2, 0) is 23.7 Å². The molecule has 3 aromatic rings. The van der Waals surface area contributed by atoms with E-state index in [0.29, 0.717) is 54.8 Å². The van der Waals surface area contributed by atoms with Gasteiger partial charge < -0.3 is 34.3 Å². The summed E-state index contributed by atoms with van der Waals surface area (Å²) in [5.41, 5.74) is 1.26. The number of hydrogen-bond acceptors (Lipinski definition) is 13. The maximum Gasteiger partial charge on any atom is 0.412 e. The minimum Gasteiger partial charge on any atom is -0.496 e. The average Bonchev–Trinajstić information content (AvgIpc) is 4.04. The topological polar surface area (TPSA) is 208 Å². The van der Waals surface area contributed by atoms with E-state index in [2.05, 4.69) is 32.4 Å². The fourth-order valence-corrected chi connectivity index (χ4v) is 5.70. The lowest BCUT2D eigenvalue weighted by molar-refractivity contribution is -0.169. The van der Waals surface area contributed by atoms with Crippen molar-refractivity contribution in [1.29, 1.82) is 5.41 Å². The molecule has 2 aromatic carbocycles. The molecule has 2 aliphatic rings. The molecule has 1 aromatic heterocycles. The first-order valence-corrected chi connectivity index (χ1v) is 18.7. The van der Waals surface area contributed by atoms with Gasteiger partial charge in [0.2, 0.25) is 6.29 Å². The molecule has 1 aliphatic heterocycles. The van der Waals surface area contributed by atoms with Crippen LogP contribution in [0, 0.1) is 17.2 Å². The summed E-state index contributed by atoms with van der Waals surface area (Å²) in [5.74, 6) is -2.62. The van der Waals surface area contributed by atoms with Crippen LogP contribution < -0.4 is 20.7 Å². The monoisotopic (exact) mass is 784 g/mol. The molecule has 4 N–H and O–H groups in total. The van der Waals surface area contributed by atoms with Crippen LogP contribution >= 0.6 is 0 Å². The van der Waals surface area contributed by atoms with Crippen molar-refractivity contribution in [1.82, 2.24) is 20.5 Å². The highest BCUT2D eigenvalue weighted by Gasteiger charge is 2.28. The largest absolute Gasteiger partial charge is 0.496 e. The molecule has 1 saturated carbocycles. The molecule has 0 bridgehead atoms. The number of ether oxygens (including phenoxy) is 5. The van der Waals surface area contributed by atoms with Crippen LogP contribution in [0.15, 0.2) is 55.1 Å². The molecule has 1 saturated heterocycles. The predicted octanol–water partition coefficient (Wildman–Crippen LogP) is 4.88. The quantitative estimate of drug-likeness (QED) is 0.0664. The number of methoxy groups -OCH3 is 1. The van der Waals surface area contributed by atoms with Gasteiger partial charge >= 0.3 is 18.0 Å². The minimum atomic E-state index is -1.29. The van der Waals surface area contributed by atoms with Crippen molar-refractivity contribution in [3.63, 3.8) is 0 Å². The van der Waals surface area contributed by atoms with Gasteiger partial charge in [0, 0.05) is 66.6 Å². The summed E-state index contributed by atoms with van der Waals surface area (Å²) < 4.78 is 26.9. The third-order valence-corrected chi connectivity index (χ3v) is 9.12. The van der Waals surface area contributed by atoms with Crippen LogP contribution in [0.1, 0.15) is 76.1 Å². The molecule has 302 valence electrons. The molecule has 5 rings (SSSR count). The van der Waals surface area contributed by atoms with E-state index in [4.69, 9.17) is 29.1 Å². The Morgan fingerprint density at radius 3 is 2.35 bits per heavy atom. The SMILES string of the molecule is C=Cc1cc(C(=O)Nc2ccc(C(=N)NC(=O)OCCN3CCOCC3)cc2)c(-c2ccc(C(=O)NCC3CC3)nc2C(=O)OC(C)OC(=O)C(C)C)cc1OC. The first-order valence-electron chi connectivity index (χ1n) is 18.7. The zero-order valence-corrected chi connectivity index (χ0v) is 32.5. The maximum atomic E-state index is 14.1. The molecule has 1 unspecified atom stereocenters. The van der Waals surface area contributed by atoms with Gasteiger partial charge in [-0.25, -0.2) is 14.6 Å². The van der Waals surface area contributed by atoms with Crippen molar-refractivity contribution in [2.45, 2.75) is 39.9 Å². The molecule has 16 nitrogen and oxygen atoms in total. The fourth-order valence-electron chi connectivity index (χ4n) is 5.70. The summed E-state index contributed by atoms with van der Waals surface area (Å²) in [6.45, 7) is 12.5. The first kappa shape index (κ1) is 42.0. The lowest BCUT2D eigenvalue weighted by Gasteiger charge is -2.26. The molecule has 2 heterocycles. The van der Waals surface area contributed by atoms with E-state index in [0.717, 1.165) is 25.9 Å². The highest BCUT2D eigenvalue weighted by molar-refractivity contribution is 6.11. The highest BCUT2D eigenvalue weighted by atomic mass is 16.7. The lowest BCUT2D eigenvalue weighted by Crippen LogP contribution is -2.39. The normalized spacial score (nSPS) is 14.5. The van der Waals surface area contributed by atoms with Crippen LogP contribution in [-0.4, -0.2) is 105 Å². The Hall–Kier alpha value is -6.13. The third-order valence-electron chi connectivity index (χ3n) is 9.12. The number of rotatable bonds is 16. The highest BCUT2D eigenvalue weighted by Crippen LogP contribution is 2.35. The number of carbonyl (C=O) groups excluding carboxylic acids is 5. The summed E-state index contributed by atoms with van der Waals surface area (Å²) >= 11 is 0. The van der Waals surface area contributed by atoms with Gasteiger partial charge in [-0.15, -0.1) is 0 Å². The van der Waals surface area contributed by atoms with Gasteiger partial charge in [0.25, 0.3) is 11.8 Å². The molecule has 0 spiro atoms. The Morgan fingerprint density at radius 1 is 0.982 bits per heavy atom. The Bertz CT molecular complexity index is 1990. The molecule has 3 amide bonds. The summed E-state index contributed by atoms with van der Waals surface area (Å²) in [6.07, 6.45) is 1.49. The van der Waals surface area contributed by atoms with Crippen LogP contribution in [0.2, 0.25) is 0 Å². The van der Waals surface area contributed by atoms with Gasteiger partial charge in [-0.2, -0.15) is 0 Å². The number of morpholine rings is 1. The number of benzene rings is 2. The Morgan fingerprint density at radius 2 is 1.70 bits per heavy atom. The number of pyridine rings is 1. The zero-order chi connectivity index (χ0) is 41.1. The molecule has 1 aliphatic carbocycles. The van der Waals surface area contributed by atoms with Gasteiger partial charge in [-0.05, 0) is 67.3 Å². The zero-order valence-electron chi connectivity index (χ0n) is 32.5. The number of carbonyl (C=O) groups is 5. The molecular formula is C41H48N6O10. The van der Waals surface area contributed by atoms with E-state index in [1.54, 1.807) is 44.2 Å². The smallest absolute Gasteiger partial charge is 0.412 e. The van der Waals surface area contributed by atoms with Crippen molar-refractivity contribution in [2.24, 2.45) is 11.8 Å². The summed E-state index contributed by atoms with van der Waals surface area (Å²) in [5, 5.41) is 16.4. The number of alkyl carbamates (subject to hydrolysis) is 1. The van der Waals surface area contributed by atoms with Crippen molar-refractivity contribution in [2.75, 3.05) is 58.4 Å². The van der Waals surface area contributed by atoms with Gasteiger partial charge in [0.15, 0.2) is 5.69 Å². The minimum absolute atomic E-state index is 0.0553. The number of nitrogens with one attached hydrogen (secondary N) is 4. The van der Waals surface area contributed by atoms with Gasteiger partial charge in [0.1, 0.15) is 23.9 Å². The molecule has 2 fully saturated rings. The number of anilines is 1. The van der Waals surface area contributed by atoms with Crippen LogP contribution in [0.4, 0.5) is 10.5 Å². The van der Waals surface area contributed by atoms with E-state index in [-0.39, 0.29) is 40.5 Å². The van der Waals surface area contributed by atoms with E-state index in [9.17, 15) is 24.0 Å². The van der Waals surface area contributed by atoms with E-state index in [1.165, 1.54) is 38.3 Å². The fraction of sp³-hybridized carbons (Fsp3) is 0.390. The third kappa shape index (κ3) is 11.7.